The van der Waals surface area contributed by atoms with Crippen LogP contribution in [0, 0.1) is 0 Å². The average molecular weight is 444 g/mol. The number of carbonyl (C=O) groups is 1. The Bertz CT molecular complexity index is 900. The van der Waals surface area contributed by atoms with Crippen LogP contribution in [0.4, 0.5) is 5.69 Å². The van der Waals surface area contributed by atoms with Gasteiger partial charge in [-0.25, -0.2) is 4.99 Å². The van der Waals surface area contributed by atoms with Crippen LogP contribution in [0.3, 0.4) is 0 Å². The maximum atomic E-state index is 12.1. The first-order valence-electron chi connectivity index (χ1n) is 6.66. The number of hydrogen-bond acceptors (Lipinski definition) is 4. The van der Waals surface area contributed by atoms with Gasteiger partial charge in [0.2, 0.25) is 0 Å². The fourth-order valence-electron chi connectivity index (χ4n) is 1.95. The Kier molecular flexibility index (Phi) is 5.20. The fourth-order valence-corrected chi connectivity index (χ4v) is 3.49. The van der Waals surface area contributed by atoms with Crippen LogP contribution < -0.4 is 5.32 Å². The van der Waals surface area contributed by atoms with Crippen molar-refractivity contribution in [2.75, 3.05) is 0 Å². The van der Waals surface area contributed by atoms with Crippen molar-refractivity contribution in [1.29, 1.82) is 0 Å². The molecular formula is C16H9BrCl2N2O2S. The predicted molar refractivity (Wildman–Crippen MR) is 103 cm³/mol. The lowest BCUT2D eigenvalue weighted by Crippen LogP contribution is -2.19. The van der Waals surface area contributed by atoms with E-state index in [2.05, 4.69) is 26.2 Å². The third kappa shape index (κ3) is 3.78. The molecule has 0 radical (unpaired) electrons. The van der Waals surface area contributed by atoms with Gasteiger partial charge in [-0.15, -0.1) is 0 Å². The summed E-state index contributed by atoms with van der Waals surface area (Å²) in [4.78, 5) is 16.8. The zero-order valence-corrected chi connectivity index (χ0v) is 15.8. The van der Waals surface area contributed by atoms with Gasteiger partial charge in [0.15, 0.2) is 5.17 Å². The maximum absolute atomic E-state index is 12.1. The highest BCUT2D eigenvalue weighted by Gasteiger charge is 2.24. The van der Waals surface area contributed by atoms with Gasteiger partial charge in [0.25, 0.3) is 5.91 Å². The molecule has 1 amide bonds. The van der Waals surface area contributed by atoms with Crippen molar-refractivity contribution in [3.63, 3.8) is 0 Å². The number of hydrogen-bond donors (Lipinski definition) is 2. The molecule has 0 spiro atoms. The van der Waals surface area contributed by atoms with Crippen LogP contribution in [-0.2, 0) is 4.79 Å². The highest BCUT2D eigenvalue weighted by Crippen LogP contribution is 2.35. The standard InChI is InChI=1S/C16H9BrCl2N2O2S/c17-9-4-5-12(22)8(6-9)7-13-15(23)21-16(24-13)20-11-3-1-2-10(18)14(11)19/h1-7,22H,(H,20,21,23)/b13-7+. The Morgan fingerprint density at radius 3 is 2.83 bits per heavy atom. The van der Waals surface area contributed by atoms with Crippen molar-refractivity contribution in [3.8, 4) is 5.75 Å². The van der Waals surface area contributed by atoms with E-state index in [0.29, 0.717) is 31.4 Å². The van der Waals surface area contributed by atoms with E-state index in [-0.39, 0.29) is 11.7 Å². The van der Waals surface area contributed by atoms with Gasteiger partial charge in [0, 0.05) is 10.0 Å². The number of aromatic hydroxyl groups is 1. The quantitative estimate of drug-likeness (QED) is 0.614. The lowest BCUT2D eigenvalue weighted by molar-refractivity contribution is -0.115. The average Bonchev–Trinajstić information content (AvgIpc) is 2.87. The number of halogens is 3. The number of amides is 1. The molecule has 1 aliphatic rings. The van der Waals surface area contributed by atoms with Crippen molar-refractivity contribution in [3.05, 3.63) is 61.4 Å². The molecule has 1 heterocycles. The number of thioether (sulfide) groups is 1. The Hall–Kier alpha value is -1.47. The van der Waals surface area contributed by atoms with Gasteiger partial charge in [-0.1, -0.05) is 45.2 Å². The molecule has 0 aromatic heterocycles. The van der Waals surface area contributed by atoms with Gasteiger partial charge < -0.3 is 10.4 Å². The Morgan fingerprint density at radius 2 is 2.04 bits per heavy atom. The maximum Gasteiger partial charge on any atom is 0.264 e. The van der Waals surface area contributed by atoms with E-state index < -0.39 is 0 Å². The van der Waals surface area contributed by atoms with Gasteiger partial charge in [-0.05, 0) is 48.2 Å². The monoisotopic (exact) mass is 442 g/mol. The number of carbonyl (C=O) groups excluding carboxylic acids is 1. The van der Waals surface area contributed by atoms with Gasteiger partial charge in [-0.3, -0.25) is 4.79 Å². The van der Waals surface area contributed by atoms with Crippen LogP contribution in [-0.4, -0.2) is 16.2 Å². The van der Waals surface area contributed by atoms with Gasteiger partial charge in [-0.2, -0.15) is 0 Å². The Labute approximate surface area is 160 Å². The van der Waals surface area contributed by atoms with E-state index >= 15 is 0 Å². The number of benzene rings is 2. The number of rotatable bonds is 2. The first-order valence-corrected chi connectivity index (χ1v) is 9.02. The van der Waals surface area contributed by atoms with Crippen molar-refractivity contribution in [1.82, 2.24) is 5.32 Å². The molecule has 1 fully saturated rings. The van der Waals surface area contributed by atoms with E-state index in [9.17, 15) is 9.90 Å². The highest BCUT2D eigenvalue weighted by molar-refractivity contribution is 9.10. The molecule has 0 atom stereocenters. The summed E-state index contributed by atoms with van der Waals surface area (Å²) >= 11 is 16.5. The van der Waals surface area contributed by atoms with E-state index in [4.69, 9.17) is 23.2 Å². The molecule has 8 heteroatoms. The number of aliphatic imine (C=N–C) groups is 1. The molecule has 0 aliphatic carbocycles. The van der Waals surface area contributed by atoms with Crippen LogP contribution in [0.15, 0.2) is 50.8 Å². The fraction of sp³-hybridized carbons (Fsp3) is 0. The number of phenolic OH excluding ortho intramolecular Hbond substituents is 1. The molecule has 0 bridgehead atoms. The molecule has 4 nitrogen and oxygen atoms in total. The van der Waals surface area contributed by atoms with Crippen LogP contribution >= 0.6 is 50.9 Å². The second kappa shape index (κ2) is 7.19. The van der Waals surface area contributed by atoms with Gasteiger partial charge >= 0.3 is 0 Å². The summed E-state index contributed by atoms with van der Waals surface area (Å²) in [5.74, 6) is -0.210. The molecule has 24 heavy (non-hydrogen) atoms. The predicted octanol–water partition coefficient (Wildman–Crippen LogP) is 5.35. The Morgan fingerprint density at radius 1 is 1.25 bits per heavy atom. The summed E-state index contributed by atoms with van der Waals surface area (Å²) < 4.78 is 0.801. The second-order valence-electron chi connectivity index (χ2n) is 4.76. The SMILES string of the molecule is O=C1NC(=Nc2cccc(Cl)c2Cl)S/C1=C/c1cc(Br)ccc1O. The zero-order valence-electron chi connectivity index (χ0n) is 11.9. The smallest absolute Gasteiger partial charge is 0.264 e. The van der Waals surface area contributed by atoms with Crippen molar-refractivity contribution in [2.45, 2.75) is 0 Å². The number of phenols is 1. The topological polar surface area (TPSA) is 61.7 Å². The minimum Gasteiger partial charge on any atom is -0.507 e. The molecule has 0 unspecified atom stereocenters. The van der Waals surface area contributed by atoms with Crippen molar-refractivity contribution in [2.24, 2.45) is 4.99 Å². The summed E-state index contributed by atoms with van der Waals surface area (Å²) in [5, 5.41) is 13.7. The number of nitrogens with zero attached hydrogens (tertiary/aromatic N) is 1. The largest absolute Gasteiger partial charge is 0.507 e. The second-order valence-corrected chi connectivity index (χ2v) is 7.49. The summed E-state index contributed by atoms with van der Waals surface area (Å²) in [6.07, 6.45) is 1.60. The summed E-state index contributed by atoms with van der Waals surface area (Å²) in [5.41, 5.74) is 1.00. The van der Waals surface area contributed by atoms with E-state index in [0.717, 1.165) is 16.2 Å². The van der Waals surface area contributed by atoms with Crippen molar-refractivity contribution >= 4 is 73.7 Å². The first-order chi connectivity index (χ1) is 11.4. The van der Waals surface area contributed by atoms with E-state index in [1.807, 2.05) is 0 Å². The minimum atomic E-state index is -0.295. The summed E-state index contributed by atoms with van der Waals surface area (Å²) in [6.45, 7) is 0. The number of nitrogens with one attached hydrogen (secondary N) is 1. The van der Waals surface area contributed by atoms with E-state index in [1.54, 1.807) is 42.5 Å². The molecule has 2 N–H and O–H groups in total. The van der Waals surface area contributed by atoms with Gasteiger partial charge in [0.05, 0.1) is 20.6 Å². The molecule has 122 valence electrons. The number of amidine groups is 1. The minimum absolute atomic E-state index is 0.0855. The van der Waals surface area contributed by atoms with Crippen LogP contribution in [0.25, 0.3) is 6.08 Å². The molecule has 2 aromatic carbocycles. The summed E-state index contributed by atoms with van der Waals surface area (Å²) in [6, 6.07) is 10.1. The molecule has 2 aromatic rings. The highest BCUT2D eigenvalue weighted by atomic mass is 79.9. The summed E-state index contributed by atoms with van der Waals surface area (Å²) in [7, 11) is 0. The third-order valence-corrected chi connectivity index (χ3v) is 5.29. The third-order valence-electron chi connectivity index (χ3n) is 3.08. The molecular weight excluding hydrogens is 435 g/mol. The van der Waals surface area contributed by atoms with Crippen molar-refractivity contribution < 1.29 is 9.90 Å². The molecule has 0 saturated carbocycles. The lowest BCUT2D eigenvalue weighted by Gasteiger charge is -2.01. The van der Waals surface area contributed by atoms with E-state index in [1.165, 1.54) is 0 Å². The Balaban J connectivity index is 1.91. The molecule has 3 rings (SSSR count). The molecule has 1 saturated heterocycles. The van der Waals surface area contributed by atoms with Gasteiger partial charge in [0.1, 0.15) is 5.75 Å². The molecule has 1 aliphatic heterocycles. The lowest BCUT2D eigenvalue weighted by atomic mass is 10.2. The van der Waals surface area contributed by atoms with Crippen LogP contribution in [0.2, 0.25) is 10.0 Å². The normalized spacial score (nSPS) is 17.5. The van der Waals surface area contributed by atoms with Crippen LogP contribution in [0.1, 0.15) is 5.56 Å². The first kappa shape index (κ1) is 17.4. The van der Waals surface area contributed by atoms with Crippen LogP contribution in [0.5, 0.6) is 5.75 Å². The zero-order chi connectivity index (χ0) is 17.3.